The Morgan fingerprint density at radius 3 is 2.81 bits per heavy atom. The summed E-state index contributed by atoms with van der Waals surface area (Å²) >= 11 is 7.45. The SMILES string of the molecule is CCNC(=O)c1cc(-c2ccc(Cl)s2)nc2ccccc12. The average Bonchev–Trinajstić information content (AvgIpc) is 2.93. The lowest BCUT2D eigenvalue weighted by molar-refractivity contribution is 0.0957. The van der Waals surface area contributed by atoms with Crippen LogP contribution in [0.25, 0.3) is 21.5 Å². The van der Waals surface area contributed by atoms with E-state index in [1.54, 1.807) is 0 Å². The molecule has 0 aliphatic carbocycles. The van der Waals surface area contributed by atoms with Crippen LogP contribution < -0.4 is 5.32 Å². The minimum atomic E-state index is -0.0833. The molecule has 0 saturated heterocycles. The molecule has 0 aliphatic heterocycles. The standard InChI is InChI=1S/C16H13ClN2OS/c1-2-18-16(20)11-9-13(14-7-8-15(17)21-14)19-12-6-4-3-5-10(11)12/h3-9H,2H2,1H3,(H,18,20). The molecule has 0 fully saturated rings. The van der Waals surface area contributed by atoms with Crippen LogP contribution >= 0.6 is 22.9 Å². The van der Waals surface area contributed by atoms with Crippen LogP contribution in [0.1, 0.15) is 17.3 Å². The monoisotopic (exact) mass is 316 g/mol. The number of thiophene rings is 1. The molecule has 21 heavy (non-hydrogen) atoms. The number of carbonyl (C=O) groups excluding carboxylic acids is 1. The summed E-state index contributed by atoms with van der Waals surface area (Å²) in [5.74, 6) is -0.0833. The first kappa shape index (κ1) is 14.0. The fraction of sp³-hybridized carbons (Fsp3) is 0.125. The molecular weight excluding hydrogens is 304 g/mol. The number of nitrogens with one attached hydrogen (secondary N) is 1. The van der Waals surface area contributed by atoms with Crippen molar-refractivity contribution in [3.8, 4) is 10.6 Å². The Morgan fingerprint density at radius 1 is 1.29 bits per heavy atom. The van der Waals surface area contributed by atoms with Gasteiger partial charge < -0.3 is 5.32 Å². The average molecular weight is 317 g/mol. The number of benzene rings is 1. The molecule has 1 amide bonds. The molecule has 2 aromatic heterocycles. The molecule has 3 rings (SSSR count). The van der Waals surface area contributed by atoms with E-state index in [0.29, 0.717) is 16.4 Å². The summed E-state index contributed by atoms with van der Waals surface area (Å²) in [5.41, 5.74) is 2.22. The summed E-state index contributed by atoms with van der Waals surface area (Å²) in [6.07, 6.45) is 0. The molecule has 1 aromatic carbocycles. The second-order valence-corrected chi connectivity index (χ2v) is 6.25. The molecule has 0 aliphatic rings. The Balaban J connectivity index is 2.21. The van der Waals surface area contributed by atoms with Gasteiger partial charge in [0.25, 0.3) is 5.91 Å². The van der Waals surface area contributed by atoms with Crippen LogP contribution in [0.4, 0.5) is 0 Å². The maximum Gasteiger partial charge on any atom is 0.252 e. The van der Waals surface area contributed by atoms with E-state index in [2.05, 4.69) is 10.3 Å². The highest BCUT2D eigenvalue weighted by atomic mass is 35.5. The molecule has 0 spiro atoms. The minimum Gasteiger partial charge on any atom is -0.352 e. The van der Waals surface area contributed by atoms with E-state index in [1.165, 1.54) is 11.3 Å². The van der Waals surface area contributed by atoms with E-state index < -0.39 is 0 Å². The molecule has 0 bridgehead atoms. The quantitative estimate of drug-likeness (QED) is 0.779. The lowest BCUT2D eigenvalue weighted by Gasteiger charge is -2.08. The van der Waals surface area contributed by atoms with E-state index in [0.717, 1.165) is 21.5 Å². The van der Waals surface area contributed by atoms with Crippen molar-refractivity contribution in [2.24, 2.45) is 0 Å². The topological polar surface area (TPSA) is 42.0 Å². The van der Waals surface area contributed by atoms with Crippen molar-refractivity contribution in [1.29, 1.82) is 0 Å². The number of carbonyl (C=O) groups is 1. The summed E-state index contributed by atoms with van der Waals surface area (Å²) in [7, 11) is 0. The summed E-state index contributed by atoms with van der Waals surface area (Å²) in [5, 5.41) is 3.70. The zero-order valence-electron chi connectivity index (χ0n) is 11.4. The number of amides is 1. The molecule has 0 unspecified atom stereocenters. The zero-order chi connectivity index (χ0) is 14.8. The van der Waals surface area contributed by atoms with Crippen LogP contribution in [0.3, 0.4) is 0 Å². The number of aromatic nitrogens is 1. The number of hydrogen-bond donors (Lipinski definition) is 1. The molecule has 1 N–H and O–H groups in total. The predicted octanol–water partition coefficient (Wildman–Crippen LogP) is 4.37. The highest BCUT2D eigenvalue weighted by Gasteiger charge is 2.14. The van der Waals surface area contributed by atoms with E-state index in [-0.39, 0.29) is 5.91 Å². The van der Waals surface area contributed by atoms with Gasteiger partial charge in [-0.2, -0.15) is 0 Å². The highest BCUT2D eigenvalue weighted by molar-refractivity contribution is 7.19. The lowest BCUT2D eigenvalue weighted by atomic mass is 10.1. The van der Waals surface area contributed by atoms with Crippen molar-refractivity contribution in [3.63, 3.8) is 0 Å². The van der Waals surface area contributed by atoms with Crippen LogP contribution in [0, 0.1) is 0 Å². The highest BCUT2D eigenvalue weighted by Crippen LogP contribution is 2.32. The van der Waals surface area contributed by atoms with Crippen LogP contribution in [-0.2, 0) is 0 Å². The van der Waals surface area contributed by atoms with E-state index in [4.69, 9.17) is 11.6 Å². The first-order valence-electron chi connectivity index (χ1n) is 6.62. The molecule has 0 radical (unpaired) electrons. The van der Waals surface area contributed by atoms with Crippen LogP contribution in [0.5, 0.6) is 0 Å². The zero-order valence-corrected chi connectivity index (χ0v) is 13.0. The second kappa shape index (κ2) is 5.84. The van der Waals surface area contributed by atoms with Crippen LogP contribution in [0.2, 0.25) is 4.34 Å². The Kier molecular flexibility index (Phi) is 3.90. The fourth-order valence-corrected chi connectivity index (χ4v) is 3.20. The summed E-state index contributed by atoms with van der Waals surface area (Å²) in [6.45, 7) is 2.50. The van der Waals surface area contributed by atoms with Gasteiger partial charge in [0.2, 0.25) is 0 Å². The number of para-hydroxylation sites is 1. The molecule has 0 atom stereocenters. The van der Waals surface area contributed by atoms with Gasteiger partial charge in [-0.25, -0.2) is 4.98 Å². The third-order valence-electron chi connectivity index (χ3n) is 3.12. The Hall–Kier alpha value is -1.91. The summed E-state index contributed by atoms with van der Waals surface area (Å²) in [6, 6.07) is 13.2. The predicted molar refractivity (Wildman–Crippen MR) is 88.1 cm³/mol. The van der Waals surface area contributed by atoms with Crippen molar-refractivity contribution in [1.82, 2.24) is 10.3 Å². The van der Waals surface area contributed by atoms with Gasteiger partial charge in [0, 0.05) is 11.9 Å². The number of nitrogens with zero attached hydrogens (tertiary/aromatic N) is 1. The first-order valence-corrected chi connectivity index (χ1v) is 7.82. The van der Waals surface area contributed by atoms with Crippen molar-refractivity contribution >= 4 is 39.7 Å². The Labute approximate surface area is 131 Å². The molecule has 2 heterocycles. The van der Waals surface area contributed by atoms with Gasteiger partial charge >= 0.3 is 0 Å². The fourth-order valence-electron chi connectivity index (χ4n) is 2.20. The minimum absolute atomic E-state index is 0.0833. The van der Waals surface area contributed by atoms with E-state index >= 15 is 0 Å². The molecule has 106 valence electrons. The first-order chi connectivity index (χ1) is 10.2. The van der Waals surface area contributed by atoms with Crippen LogP contribution in [0.15, 0.2) is 42.5 Å². The molecule has 3 aromatic rings. The normalized spacial score (nSPS) is 10.8. The van der Waals surface area contributed by atoms with Crippen molar-refractivity contribution in [3.05, 3.63) is 52.4 Å². The summed E-state index contributed by atoms with van der Waals surface area (Å²) in [4.78, 5) is 17.9. The number of pyridine rings is 1. The molecule has 3 nitrogen and oxygen atoms in total. The van der Waals surface area contributed by atoms with Crippen molar-refractivity contribution < 1.29 is 4.79 Å². The smallest absolute Gasteiger partial charge is 0.252 e. The maximum atomic E-state index is 12.3. The summed E-state index contributed by atoms with van der Waals surface area (Å²) < 4.78 is 0.708. The molecule has 0 saturated carbocycles. The van der Waals surface area contributed by atoms with E-state index in [1.807, 2.05) is 49.4 Å². The van der Waals surface area contributed by atoms with Gasteiger partial charge in [-0.3, -0.25) is 4.79 Å². The molecular formula is C16H13ClN2OS. The largest absolute Gasteiger partial charge is 0.352 e. The van der Waals surface area contributed by atoms with Gasteiger partial charge in [0.05, 0.1) is 26.0 Å². The third-order valence-corrected chi connectivity index (χ3v) is 4.38. The number of fused-ring (bicyclic) bond motifs is 1. The molecule has 5 heteroatoms. The van der Waals surface area contributed by atoms with Gasteiger partial charge in [-0.15, -0.1) is 11.3 Å². The second-order valence-electron chi connectivity index (χ2n) is 4.54. The lowest BCUT2D eigenvalue weighted by Crippen LogP contribution is -2.23. The van der Waals surface area contributed by atoms with E-state index in [9.17, 15) is 4.79 Å². The van der Waals surface area contributed by atoms with Gasteiger partial charge in [0.15, 0.2) is 0 Å². The van der Waals surface area contributed by atoms with Crippen LogP contribution in [-0.4, -0.2) is 17.4 Å². The van der Waals surface area contributed by atoms with Gasteiger partial charge in [0.1, 0.15) is 0 Å². The number of rotatable bonds is 3. The van der Waals surface area contributed by atoms with Crippen molar-refractivity contribution in [2.75, 3.05) is 6.54 Å². The Bertz CT molecular complexity index is 813. The van der Waals surface area contributed by atoms with Crippen molar-refractivity contribution in [2.45, 2.75) is 6.92 Å². The maximum absolute atomic E-state index is 12.3. The van der Waals surface area contributed by atoms with Gasteiger partial charge in [-0.1, -0.05) is 29.8 Å². The number of hydrogen-bond acceptors (Lipinski definition) is 3. The third kappa shape index (κ3) is 2.77. The number of halogens is 1. The Morgan fingerprint density at radius 2 is 2.10 bits per heavy atom. The van der Waals surface area contributed by atoms with Gasteiger partial charge in [-0.05, 0) is 31.2 Å².